The van der Waals surface area contributed by atoms with Crippen molar-refractivity contribution >= 4 is 23.5 Å². The van der Waals surface area contributed by atoms with Crippen LogP contribution in [0.15, 0.2) is 42.5 Å². The van der Waals surface area contributed by atoms with Crippen LogP contribution in [0.1, 0.15) is 67.6 Å². The molecular weight excluding hydrogens is 677 g/mol. The molecule has 4 saturated heterocycles. The summed E-state index contributed by atoms with van der Waals surface area (Å²) in [6, 6.07) is 12.0. The van der Waals surface area contributed by atoms with Gasteiger partial charge in [0.25, 0.3) is 0 Å². The first-order chi connectivity index (χ1) is 24.9. The standard InChI is InChI=1S/C39H51F3N4O6/c1-4-36(47)44-17-13-29(14-18-44)45-21-32(25-5-8-30(52-3)9-6-25)34(23-45)37(48)46-20-27(24-51-2)33(22-46)31-10-7-28(39(40,41)42)19-35(31)43-15-11-26(12-16-43)38(49)50/h5-10,19,26-27,29,32-34H,4,11-18,20-24H2,1-3H3,(H,49,50)/t27-,32+,33+,34-/m1/s1. The first-order valence-electron chi connectivity index (χ1n) is 18.5. The fourth-order valence-corrected chi connectivity index (χ4v) is 8.97. The van der Waals surface area contributed by atoms with E-state index < -0.39 is 23.6 Å². The van der Waals surface area contributed by atoms with Gasteiger partial charge in [-0.25, -0.2) is 0 Å². The molecule has 4 atom stereocenters. The minimum absolute atomic E-state index is 0.0289. The van der Waals surface area contributed by atoms with Gasteiger partial charge in [0.1, 0.15) is 5.75 Å². The molecule has 284 valence electrons. The maximum atomic E-state index is 14.7. The van der Waals surface area contributed by atoms with Crippen molar-refractivity contribution in [3.05, 3.63) is 59.2 Å². The van der Waals surface area contributed by atoms with Crippen molar-refractivity contribution in [1.82, 2.24) is 14.7 Å². The van der Waals surface area contributed by atoms with E-state index in [1.165, 1.54) is 6.07 Å². The summed E-state index contributed by atoms with van der Waals surface area (Å²) in [5.41, 5.74) is 1.49. The Morgan fingerprint density at radius 2 is 1.54 bits per heavy atom. The Morgan fingerprint density at radius 1 is 0.846 bits per heavy atom. The number of hydrogen-bond donors (Lipinski definition) is 1. The quantitative estimate of drug-likeness (QED) is 0.351. The number of piperidine rings is 2. The second-order valence-corrected chi connectivity index (χ2v) is 14.8. The highest BCUT2D eigenvalue weighted by atomic mass is 19.4. The molecule has 1 N–H and O–H groups in total. The van der Waals surface area contributed by atoms with Crippen LogP contribution in [0.3, 0.4) is 0 Å². The number of aliphatic carboxylic acids is 1. The van der Waals surface area contributed by atoms with Crippen molar-refractivity contribution in [2.45, 2.75) is 63.1 Å². The zero-order chi connectivity index (χ0) is 37.2. The van der Waals surface area contributed by atoms with Crippen molar-refractivity contribution in [3.8, 4) is 5.75 Å². The highest BCUT2D eigenvalue weighted by Crippen LogP contribution is 2.44. The molecule has 6 rings (SSSR count). The molecule has 2 amide bonds. The number of carboxylic acids is 1. The maximum absolute atomic E-state index is 14.7. The summed E-state index contributed by atoms with van der Waals surface area (Å²) in [5, 5.41) is 9.54. The lowest BCUT2D eigenvalue weighted by Crippen LogP contribution is -2.46. The Morgan fingerprint density at radius 3 is 2.13 bits per heavy atom. The van der Waals surface area contributed by atoms with Crippen LogP contribution in [-0.2, 0) is 25.3 Å². The van der Waals surface area contributed by atoms with Crippen molar-refractivity contribution < 1.29 is 42.1 Å². The van der Waals surface area contributed by atoms with Crippen LogP contribution in [0.2, 0.25) is 0 Å². The largest absolute Gasteiger partial charge is 0.497 e. The number of methoxy groups -OCH3 is 2. The third-order valence-corrected chi connectivity index (χ3v) is 11.9. The van der Waals surface area contributed by atoms with Crippen LogP contribution in [-0.4, -0.2) is 117 Å². The molecule has 0 radical (unpaired) electrons. The Bertz CT molecular complexity index is 1570. The summed E-state index contributed by atoms with van der Waals surface area (Å²) >= 11 is 0. The third-order valence-electron chi connectivity index (χ3n) is 11.9. The van der Waals surface area contributed by atoms with E-state index >= 15 is 0 Å². The van der Waals surface area contributed by atoms with E-state index in [-0.39, 0.29) is 41.5 Å². The minimum atomic E-state index is -4.54. The van der Waals surface area contributed by atoms with E-state index in [9.17, 15) is 32.7 Å². The van der Waals surface area contributed by atoms with Gasteiger partial charge in [0.05, 0.1) is 31.1 Å². The third kappa shape index (κ3) is 8.05. The minimum Gasteiger partial charge on any atom is -0.497 e. The summed E-state index contributed by atoms with van der Waals surface area (Å²) < 4.78 is 53.1. The summed E-state index contributed by atoms with van der Waals surface area (Å²) in [6.45, 7) is 6.36. The molecule has 0 bridgehead atoms. The highest BCUT2D eigenvalue weighted by molar-refractivity contribution is 5.81. The van der Waals surface area contributed by atoms with E-state index in [4.69, 9.17) is 9.47 Å². The second-order valence-electron chi connectivity index (χ2n) is 14.8. The van der Waals surface area contributed by atoms with Crippen LogP contribution in [0.25, 0.3) is 0 Å². The topological polar surface area (TPSA) is 103 Å². The molecular formula is C39H51F3N4O6. The second kappa shape index (κ2) is 16.0. The zero-order valence-electron chi connectivity index (χ0n) is 30.3. The Labute approximate surface area is 303 Å². The van der Waals surface area contributed by atoms with Crippen molar-refractivity contribution in [1.29, 1.82) is 0 Å². The highest BCUT2D eigenvalue weighted by Gasteiger charge is 2.47. The fourth-order valence-electron chi connectivity index (χ4n) is 8.97. The van der Waals surface area contributed by atoms with Crippen LogP contribution < -0.4 is 9.64 Å². The number of carboxylic acid groups (broad SMARTS) is 1. The number of likely N-dealkylation sites (tertiary alicyclic amines) is 3. The van der Waals surface area contributed by atoms with E-state index in [1.807, 2.05) is 45.9 Å². The first kappa shape index (κ1) is 37.9. The molecule has 0 saturated carbocycles. The van der Waals surface area contributed by atoms with Gasteiger partial charge in [0, 0.05) is 95.4 Å². The SMILES string of the molecule is CCC(=O)N1CCC(N2C[C@@H](C(=O)N3C[C@H](COC)[C@@H](c4ccc(C(F)(F)F)cc4N4CCC(C(=O)O)CC4)C3)[C@H](c3ccc(OC)cc3)C2)CC1. The molecule has 0 spiro atoms. The smallest absolute Gasteiger partial charge is 0.416 e. The Balaban J connectivity index is 1.26. The van der Waals surface area contributed by atoms with Crippen LogP contribution >= 0.6 is 0 Å². The number of nitrogens with zero attached hydrogens (tertiary/aromatic N) is 4. The number of ether oxygens (including phenoxy) is 2. The molecule has 4 aliphatic heterocycles. The zero-order valence-corrected chi connectivity index (χ0v) is 30.3. The number of alkyl halides is 3. The normalized spacial score (nSPS) is 25.2. The van der Waals surface area contributed by atoms with Gasteiger partial charge in [-0.05, 0) is 61.1 Å². The Hall–Kier alpha value is -3.84. The average molecular weight is 729 g/mol. The number of benzene rings is 2. The van der Waals surface area contributed by atoms with Gasteiger partial charge < -0.3 is 29.3 Å². The van der Waals surface area contributed by atoms with Crippen molar-refractivity contribution in [3.63, 3.8) is 0 Å². The van der Waals surface area contributed by atoms with Gasteiger partial charge in [-0.2, -0.15) is 13.2 Å². The van der Waals surface area contributed by atoms with Gasteiger partial charge in [-0.15, -0.1) is 0 Å². The van der Waals surface area contributed by atoms with Gasteiger partial charge in [0.15, 0.2) is 0 Å². The van der Waals surface area contributed by atoms with Crippen molar-refractivity contribution in [2.24, 2.45) is 17.8 Å². The fraction of sp³-hybridized carbons (Fsp3) is 0.615. The lowest BCUT2D eigenvalue weighted by atomic mass is 9.86. The predicted octanol–water partition coefficient (Wildman–Crippen LogP) is 5.32. The van der Waals surface area contributed by atoms with E-state index in [2.05, 4.69) is 4.90 Å². The van der Waals surface area contributed by atoms with Gasteiger partial charge >= 0.3 is 12.1 Å². The molecule has 4 heterocycles. The van der Waals surface area contributed by atoms with E-state index in [0.29, 0.717) is 83.9 Å². The molecule has 52 heavy (non-hydrogen) atoms. The summed E-state index contributed by atoms with van der Waals surface area (Å²) in [5.74, 6) is -1.28. The molecule has 13 heteroatoms. The van der Waals surface area contributed by atoms with Crippen molar-refractivity contribution in [2.75, 3.05) is 78.1 Å². The number of amides is 2. The van der Waals surface area contributed by atoms with Crippen LogP contribution in [0.4, 0.5) is 18.9 Å². The molecule has 10 nitrogen and oxygen atoms in total. The number of halogens is 3. The van der Waals surface area contributed by atoms with E-state index in [0.717, 1.165) is 35.8 Å². The predicted molar refractivity (Wildman–Crippen MR) is 189 cm³/mol. The van der Waals surface area contributed by atoms with Gasteiger partial charge in [-0.1, -0.05) is 25.1 Å². The molecule has 0 unspecified atom stereocenters. The summed E-state index contributed by atoms with van der Waals surface area (Å²) in [6.07, 6.45) is -1.65. The Kier molecular flexibility index (Phi) is 11.7. The number of hydrogen-bond acceptors (Lipinski definition) is 7. The molecule has 4 fully saturated rings. The number of rotatable bonds is 10. The summed E-state index contributed by atoms with van der Waals surface area (Å²) in [7, 11) is 3.22. The molecule has 2 aromatic rings. The monoisotopic (exact) mass is 728 g/mol. The lowest BCUT2D eigenvalue weighted by molar-refractivity contribution is -0.142. The first-order valence-corrected chi connectivity index (χ1v) is 18.5. The van der Waals surface area contributed by atoms with Gasteiger partial charge in [0.2, 0.25) is 11.8 Å². The number of anilines is 1. The average Bonchev–Trinajstić information content (AvgIpc) is 3.79. The lowest BCUT2D eigenvalue weighted by Gasteiger charge is -2.37. The molecule has 4 aliphatic rings. The molecule has 0 aliphatic carbocycles. The van der Waals surface area contributed by atoms with Crippen LogP contribution in [0, 0.1) is 17.8 Å². The molecule has 0 aromatic heterocycles. The van der Waals surface area contributed by atoms with Gasteiger partial charge in [-0.3, -0.25) is 19.3 Å². The number of carbonyl (C=O) groups excluding carboxylic acids is 2. The number of carbonyl (C=O) groups is 3. The summed E-state index contributed by atoms with van der Waals surface area (Å²) in [4.78, 5) is 46.8. The van der Waals surface area contributed by atoms with E-state index in [1.54, 1.807) is 20.3 Å². The molecule has 2 aromatic carbocycles. The maximum Gasteiger partial charge on any atom is 0.416 e. The van der Waals surface area contributed by atoms with Crippen LogP contribution in [0.5, 0.6) is 5.75 Å².